The van der Waals surface area contributed by atoms with Crippen LogP contribution in [0.1, 0.15) is 36.9 Å². The summed E-state index contributed by atoms with van der Waals surface area (Å²) in [4.78, 5) is 2.68. The Labute approximate surface area is 375 Å². The van der Waals surface area contributed by atoms with Crippen LogP contribution < -0.4 is 25.8 Å². The van der Waals surface area contributed by atoms with Crippen molar-refractivity contribution in [1.82, 2.24) is 8.97 Å². The van der Waals surface area contributed by atoms with Crippen molar-refractivity contribution >= 4 is 81.0 Å². The van der Waals surface area contributed by atoms with Crippen LogP contribution >= 0.6 is 0 Å². The van der Waals surface area contributed by atoms with E-state index in [1.54, 1.807) is 10.4 Å². The molecule has 12 rings (SSSR count). The number of hydrogen-bond acceptors (Lipinski definition) is 1. The highest BCUT2D eigenvalue weighted by molar-refractivity contribution is 7.12. The number of aromatic nitrogens is 2. The van der Waals surface area contributed by atoms with Crippen LogP contribution in [0.25, 0.3) is 62.5 Å². The Kier molecular flexibility index (Phi) is 9.24. The maximum absolute atomic E-state index is 4.52. The van der Waals surface area contributed by atoms with Gasteiger partial charge in [-0.15, -0.1) is 0 Å². The van der Waals surface area contributed by atoms with Gasteiger partial charge in [0, 0.05) is 49.5 Å². The van der Waals surface area contributed by atoms with E-state index in [4.69, 9.17) is 0 Å². The normalized spacial score (nSPS) is 16.7. The summed E-state index contributed by atoms with van der Waals surface area (Å²) in [7, 11) is -2.55. The lowest BCUT2D eigenvalue weighted by molar-refractivity contribution is 0.707. The van der Waals surface area contributed by atoms with Crippen molar-refractivity contribution in [2.24, 2.45) is 0 Å². The fraction of sp³-hybridized carbons (Fsp3) is 0.100. The minimum atomic E-state index is -2.55. The van der Waals surface area contributed by atoms with E-state index in [1.807, 2.05) is 6.08 Å². The molecule has 1 unspecified atom stereocenters. The highest BCUT2D eigenvalue weighted by Gasteiger charge is 2.45. The zero-order valence-corrected chi connectivity index (χ0v) is 37.0. The first kappa shape index (κ1) is 38.3. The molecule has 3 nitrogen and oxygen atoms in total. The van der Waals surface area contributed by atoms with Crippen LogP contribution in [-0.2, 0) is 6.42 Å². The number of allylic oxidation sites excluding steroid dienone is 9. The Hall–Kier alpha value is -7.40. The van der Waals surface area contributed by atoms with Crippen molar-refractivity contribution in [1.29, 1.82) is 0 Å². The number of nitrogens with zero attached hydrogens (tertiary/aromatic N) is 3. The number of benzene rings is 6. The Morgan fingerprint density at radius 2 is 1.34 bits per heavy atom. The third-order valence-electron chi connectivity index (χ3n) is 14.3. The third-order valence-corrected chi connectivity index (χ3v) is 19.4. The maximum atomic E-state index is 4.52. The van der Waals surface area contributed by atoms with Crippen molar-refractivity contribution in [3.8, 4) is 5.69 Å². The smallest absolute Gasteiger partial charge is 0.171 e. The second-order valence-electron chi connectivity index (χ2n) is 17.5. The fourth-order valence-corrected chi connectivity index (χ4v) is 16.9. The van der Waals surface area contributed by atoms with E-state index in [9.17, 15) is 0 Å². The van der Waals surface area contributed by atoms with Gasteiger partial charge in [-0.3, -0.25) is 0 Å². The molecule has 6 aromatic carbocycles. The molecule has 3 aliphatic rings. The summed E-state index contributed by atoms with van der Waals surface area (Å²) in [6, 6.07) is 56.6. The molecule has 4 heteroatoms. The Balaban J connectivity index is 1.06. The Bertz CT molecular complexity index is 3520. The molecule has 308 valence electrons. The molecule has 0 saturated carbocycles. The van der Waals surface area contributed by atoms with Gasteiger partial charge in [0.25, 0.3) is 0 Å². The highest BCUT2D eigenvalue weighted by Crippen LogP contribution is 2.42. The fourth-order valence-electron chi connectivity index (χ4n) is 11.6. The van der Waals surface area contributed by atoms with Crippen LogP contribution in [0.4, 0.5) is 5.69 Å². The number of fused-ring (bicyclic) bond motifs is 6. The standard InChI is InChI=1S/C60H49N3Si/c1-3-19-56-42(2)51-29-18-30-53-55-41-46(35-39-59(55)63(56)60(51)53)61(45-34-38-58-54(40-45)52-28-16-17-31-57(52)62(58)43-20-8-4-9-21-43)44-32-36-50(37-33-44)64(47-22-10-5-11-23-47,48-24-12-6-13-25-48)49-26-14-7-15-27-49/h3-14,16-26,28-32,34-36,38-39,41,45H,1-2,15,27,33,37,40H2/b56-19+. The summed E-state index contributed by atoms with van der Waals surface area (Å²) in [5.74, 6) is 0. The van der Waals surface area contributed by atoms with Gasteiger partial charge in [0.15, 0.2) is 8.07 Å². The van der Waals surface area contributed by atoms with E-state index < -0.39 is 8.07 Å². The maximum Gasteiger partial charge on any atom is 0.171 e. The van der Waals surface area contributed by atoms with E-state index in [0.29, 0.717) is 0 Å². The zero-order valence-electron chi connectivity index (χ0n) is 36.0. The highest BCUT2D eigenvalue weighted by atomic mass is 28.3. The zero-order chi connectivity index (χ0) is 42.8. The lowest BCUT2D eigenvalue weighted by Gasteiger charge is -2.41. The molecule has 1 atom stereocenters. The molecule has 0 amide bonds. The van der Waals surface area contributed by atoms with Crippen LogP contribution in [-0.4, -0.2) is 23.1 Å². The molecule has 3 heterocycles. The minimum Gasteiger partial charge on any atom is -0.338 e. The lowest BCUT2D eigenvalue weighted by Crippen LogP contribution is -2.62. The summed E-state index contributed by atoms with van der Waals surface area (Å²) in [5.41, 5.74) is 10.1. The van der Waals surface area contributed by atoms with E-state index in [1.165, 1.54) is 76.8 Å². The summed E-state index contributed by atoms with van der Waals surface area (Å²) >= 11 is 0. The molecule has 9 aromatic rings. The van der Waals surface area contributed by atoms with E-state index in [2.05, 4.69) is 227 Å². The number of hydrogen-bond donors (Lipinski definition) is 0. The SMILES string of the molecule is C=C/C=c1\c(=C)c2cccc3c4cc(N(C5=CC=C([Si](C6=CC=CCC6)(c6ccccc6)c6ccccc6)CC5)C5C=Cc6c(c7ccccc7n6-c6ccccc6)C5)ccc4n1c23. The monoisotopic (exact) mass is 839 g/mol. The van der Waals surface area contributed by atoms with Gasteiger partial charge in [-0.05, 0) is 103 Å². The Morgan fingerprint density at radius 1 is 0.641 bits per heavy atom. The van der Waals surface area contributed by atoms with Crippen LogP contribution in [0.3, 0.4) is 0 Å². The molecule has 0 aliphatic heterocycles. The van der Waals surface area contributed by atoms with E-state index in [-0.39, 0.29) is 6.04 Å². The quantitative estimate of drug-likeness (QED) is 0.132. The van der Waals surface area contributed by atoms with Crippen LogP contribution in [0.2, 0.25) is 0 Å². The molecule has 3 aliphatic carbocycles. The van der Waals surface area contributed by atoms with Gasteiger partial charge in [0.05, 0.1) is 27.9 Å². The molecule has 0 fully saturated rings. The van der Waals surface area contributed by atoms with Gasteiger partial charge in [0.1, 0.15) is 0 Å². The minimum absolute atomic E-state index is 0.102. The van der Waals surface area contributed by atoms with Crippen molar-refractivity contribution in [2.45, 2.75) is 38.1 Å². The molecule has 0 N–H and O–H groups in total. The lowest BCUT2D eigenvalue weighted by atomic mass is 9.94. The van der Waals surface area contributed by atoms with Gasteiger partial charge in [-0.2, -0.15) is 0 Å². The van der Waals surface area contributed by atoms with Crippen molar-refractivity contribution in [3.63, 3.8) is 0 Å². The summed E-state index contributed by atoms with van der Waals surface area (Å²) in [6.07, 6.45) is 26.0. The molecular formula is C60H49N3Si. The third kappa shape index (κ3) is 5.79. The van der Waals surface area contributed by atoms with E-state index in [0.717, 1.165) is 42.7 Å². The van der Waals surface area contributed by atoms with Gasteiger partial charge in [0.2, 0.25) is 0 Å². The first-order valence-electron chi connectivity index (χ1n) is 22.8. The summed E-state index contributed by atoms with van der Waals surface area (Å²) in [6.45, 7) is 8.59. The average molecular weight is 840 g/mol. The van der Waals surface area contributed by atoms with Crippen molar-refractivity contribution in [3.05, 3.63) is 239 Å². The summed E-state index contributed by atoms with van der Waals surface area (Å²) in [5, 5.41) is 13.3. The van der Waals surface area contributed by atoms with Crippen LogP contribution in [0.15, 0.2) is 217 Å². The van der Waals surface area contributed by atoms with Gasteiger partial charge in [-0.25, -0.2) is 0 Å². The number of anilines is 1. The average Bonchev–Trinajstić information content (AvgIpc) is 3.97. The molecule has 0 saturated heterocycles. The van der Waals surface area contributed by atoms with Gasteiger partial charge < -0.3 is 13.9 Å². The van der Waals surface area contributed by atoms with Crippen LogP contribution in [0.5, 0.6) is 0 Å². The molecule has 64 heavy (non-hydrogen) atoms. The first-order chi connectivity index (χ1) is 31.6. The second kappa shape index (κ2) is 15.4. The predicted molar refractivity (Wildman–Crippen MR) is 275 cm³/mol. The van der Waals surface area contributed by atoms with Gasteiger partial charge >= 0.3 is 0 Å². The topological polar surface area (TPSA) is 12.6 Å². The summed E-state index contributed by atoms with van der Waals surface area (Å²) < 4.78 is 4.84. The first-order valence-corrected chi connectivity index (χ1v) is 24.8. The number of rotatable bonds is 9. The largest absolute Gasteiger partial charge is 0.338 e. The van der Waals surface area contributed by atoms with Crippen molar-refractivity contribution < 1.29 is 0 Å². The van der Waals surface area contributed by atoms with Gasteiger partial charge in [-0.1, -0.05) is 175 Å². The van der Waals surface area contributed by atoms with Crippen LogP contribution in [0, 0.1) is 0 Å². The van der Waals surface area contributed by atoms with Crippen molar-refractivity contribution in [2.75, 3.05) is 4.90 Å². The molecular weight excluding hydrogens is 791 g/mol. The number of para-hydroxylation sites is 3. The predicted octanol–water partition coefficient (Wildman–Crippen LogP) is 11.7. The molecule has 0 bridgehead atoms. The van der Waals surface area contributed by atoms with E-state index >= 15 is 0 Å². The Morgan fingerprint density at radius 3 is 2.06 bits per heavy atom. The molecule has 0 spiro atoms. The molecule has 3 aromatic heterocycles. The molecule has 0 radical (unpaired) electrons. The second-order valence-corrected chi connectivity index (χ2v) is 21.5.